The van der Waals surface area contributed by atoms with Crippen LogP contribution in [0.25, 0.3) is 17.0 Å². The molecule has 3 aromatic heterocycles. The number of imidazole rings is 1. The predicted octanol–water partition coefficient (Wildman–Crippen LogP) is 1.42. The number of hydrogen-bond acceptors (Lipinski definition) is 8. The van der Waals surface area contributed by atoms with E-state index in [0.29, 0.717) is 48.8 Å². The van der Waals surface area contributed by atoms with Crippen molar-refractivity contribution in [3.63, 3.8) is 0 Å². The minimum absolute atomic E-state index is 0.290. The lowest BCUT2D eigenvalue weighted by Crippen LogP contribution is -2.44. The summed E-state index contributed by atoms with van der Waals surface area (Å²) >= 11 is 0. The van der Waals surface area contributed by atoms with Crippen LogP contribution in [0.2, 0.25) is 0 Å². The van der Waals surface area contributed by atoms with E-state index in [-0.39, 0.29) is 5.69 Å². The number of halogens is 2. The zero-order chi connectivity index (χ0) is 22.2. The maximum Gasteiger partial charge on any atom is 0.282 e. The second kappa shape index (κ2) is 8.13. The Labute approximate surface area is 176 Å². The molecule has 1 N–H and O–H groups in total. The molecule has 4 heterocycles. The van der Waals surface area contributed by atoms with Gasteiger partial charge in [0.25, 0.3) is 6.43 Å². The molecule has 1 aliphatic heterocycles. The second-order valence-corrected chi connectivity index (χ2v) is 9.01. The highest BCUT2D eigenvalue weighted by molar-refractivity contribution is 7.89. The van der Waals surface area contributed by atoms with Crippen molar-refractivity contribution in [1.82, 2.24) is 29.3 Å². The Hall–Kier alpha value is -3.22. The zero-order valence-corrected chi connectivity index (χ0v) is 17.3. The van der Waals surface area contributed by atoms with Gasteiger partial charge in [-0.05, 0) is 25.0 Å². The molecule has 1 atom stereocenters. The Balaban J connectivity index is 1.61. The number of sulfonamides is 1. The van der Waals surface area contributed by atoms with Gasteiger partial charge in [-0.2, -0.15) is 5.10 Å². The number of piperidine rings is 1. The zero-order valence-electron chi connectivity index (χ0n) is 16.4. The summed E-state index contributed by atoms with van der Waals surface area (Å²) in [5, 5.41) is 3.94. The third-order valence-corrected chi connectivity index (χ3v) is 5.50. The largest absolute Gasteiger partial charge is 0.356 e. The van der Waals surface area contributed by atoms with Crippen LogP contribution in [-0.4, -0.2) is 58.2 Å². The Morgan fingerprint density at radius 3 is 2.81 bits per heavy atom. The number of nitrogens with one attached hydrogen (secondary N) is 1. The van der Waals surface area contributed by atoms with Crippen molar-refractivity contribution in [3.05, 3.63) is 36.4 Å². The minimum atomic E-state index is -3.64. The van der Waals surface area contributed by atoms with Gasteiger partial charge in [-0.1, -0.05) is 0 Å². The van der Waals surface area contributed by atoms with Crippen LogP contribution in [0, 0.1) is 5.92 Å². The summed E-state index contributed by atoms with van der Waals surface area (Å²) < 4.78 is 52.1. The topological polar surface area (TPSA) is 122 Å². The third-order valence-electron chi connectivity index (χ3n) is 4.92. The Morgan fingerprint density at radius 2 is 2.06 bits per heavy atom. The summed E-state index contributed by atoms with van der Waals surface area (Å²) in [5.74, 6) is -0.526. The molecule has 10 nitrogen and oxygen atoms in total. The Kier molecular flexibility index (Phi) is 5.52. The average Bonchev–Trinajstić information content (AvgIpc) is 3.16. The number of aromatic nitrogens is 5. The maximum atomic E-state index is 13.0. The van der Waals surface area contributed by atoms with Gasteiger partial charge in [0, 0.05) is 19.2 Å². The highest BCUT2D eigenvalue weighted by Gasteiger charge is 2.28. The minimum Gasteiger partial charge on any atom is -0.356 e. The standard InChI is InChI=1S/C18H19F2N7O3S/c1-31(29,30)25-18(28)11-3-2-6-26(9-11)16-7-13(22-10-23-16)14-8-21-15-5-4-12(17(19)20)24-27(14)15/h4-5,7-8,10-11,17H,2-3,6,9H2,1H3,(H,25,28). The molecule has 4 rings (SSSR count). The van der Waals surface area contributed by atoms with Gasteiger partial charge < -0.3 is 4.90 Å². The monoisotopic (exact) mass is 451 g/mol. The summed E-state index contributed by atoms with van der Waals surface area (Å²) in [6.07, 6.45) is 2.28. The SMILES string of the molecule is CS(=O)(=O)NC(=O)C1CCCN(c2cc(-c3cnc4ccc(C(F)F)nn34)ncn2)C1. The van der Waals surface area contributed by atoms with E-state index >= 15 is 0 Å². The van der Waals surface area contributed by atoms with E-state index in [0.717, 1.165) is 6.26 Å². The molecule has 0 spiro atoms. The van der Waals surface area contributed by atoms with Gasteiger partial charge in [-0.15, -0.1) is 0 Å². The number of alkyl halides is 2. The molecule has 3 aromatic rings. The average molecular weight is 451 g/mol. The number of nitrogens with zero attached hydrogens (tertiary/aromatic N) is 6. The van der Waals surface area contributed by atoms with E-state index in [1.165, 1.54) is 29.2 Å². The van der Waals surface area contributed by atoms with Crippen LogP contribution in [-0.2, 0) is 14.8 Å². The van der Waals surface area contributed by atoms with Gasteiger partial charge in [-0.25, -0.2) is 36.7 Å². The van der Waals surface area contributed by atoms with Gasteiger partial charge in [-0.3, -0.25) is 9.52 Å². The van der Waals surface area contributed by atoms with Crippen LogP contribution < -0.4 is 9.62 Å². The van der Waals surface area contributed by atoms with Gasteiger partial charge in [0.2, 0.25) is 15.9 Å². The fourth-order valence-electron chi connectivity index (χ4n) is 3.50. The molecule has 1 amide bonds. The number of carbonyl (C=O) groups excluding carboxylic acids is 1. The predicted molar refractivity (Wildman–Crippen MR) is 107 cm³/mol. The highest BCUT2D eigenvalue weighted by atomic mass is 32.2. The van der Waals surface area contributed by atoms with Crippen molar-refractivity contribution in [2.24, 2.45) is 5.92 Å². The number of fused-ring (bicyclic) bond motifs is 1. The molecule has 1 unspecified atom stereocenters. The van der Waals surface area contributed by atoms with E-state index < -0.39 is 28.3 Å². The molecule has 164 valence electrons. The maximum absolute atomic E-state index is 13.0. The number of hydrogen-bond donors (Lipinski definition) is 1. The van der Waals surface area contributed by atoms with E-state index in [9.17, 15) is 22.0 Å². The quantitative estimate of drug-likeness (QED) is 0.618. The first-order valence-electron chi connectivity index (χ1n) is 9.43. The van der Waals surface area contributed by atoms with Crippen molar-refractivity contribution in [2.75, 3.05) is 24.2 Å². The summed E-state index contributed by atoms with van der Waals surface area (Å²) in [5.41, 5.74) is 0.871. The third kappa shape index (κ3) is 4.60. The lowest BCUT2D eigenvalue weighted by Gasteiger charge is -2.32. The van der Waals surface area contributed by atoms with E-state index in [1.807, 2.05) is 9.62 Å². The summed E-state index contributed by atoms with van der Waals surface area (Å²) in [6.45, 7) is 0.915. The molecule has 13 heteroatoms. The lowest BCUT2D eigenvalue weighted by atomic mass is 9.97. The van der Waals surface area contributed by atoms with E-state index in [1.54, 1.807) is 6.07 Å². The fraction of sp³-hybridized carbons (Fsp3) is 0.389. The number of amides is 1. The first-order chi connectivity index (χ1) is 14.7. The molecule has 0 aliphatic carbocycles. The first kappa shape index (κ1) is 21.0. The normalized spacial score (nSPS) is 17.3. The fourth-order valence-corrected chi connectivity index (χ4v) is 4.04. The second-order valence-electron chi connectivity index (χ2n) is 7.26. The van der Waals surface area contributed by atoms with Gasteiger partial charge in [0.1, 0.15) is 23.5 Å². The van der Waals surface area contributed by atoms with E-state index in [4.69, 9.17) is 0 Å². The molecular weight excluding hydrogens is 432 g/mol. The number of rotatable bonds is 5. The smallest absolute Gasteiger partial charge is 0.282 e. The summed E-state index contributed by atoms with van der Waals surface area (Å²) in [6, 6.07) is 4.34. The van der Waals surface area contributed by atoms with Crippen LogP contribution in [0.4, 0.5) is 14.6 Å². The van der Waals surface area contributed by atoms with Crippen molar-refractivity contribution in [1.29, 1.82) is 0 Å². The van der Waals surface area contributed by atoms with Crippen molar-refractivity contribution >= 4 is 27.4 Å². The molecule has 0 saturated carbocycles. The van der Waals surface area contributed by atoms with Gasteiger partial charge in [0.05, 0.1) is 24.1 Å². The molecule has 31 heavy (non-hydrogen) atoms. The van der Waals surface area contributed by atoms with Crippen LogP contribution in [0.1, 0.15) is 25.0 Å². The molecule has 0 radical (unpaired) electrons. The Morgan fingerprint density at radius 1 is 1.26 bits per heavy atom. The van der Waals surface area contributed by atoms with Crippen LogP contribution >= 0.6 is 0 Å². The summed E-state index contributed by atoms with van der Waals surface area (Å²) in [7, 11) is -3.64. The number of anilines is 1. The van der Waals surface area contributed by atoms with Crippen LogP contribution in [0.3, 0.4) is 0 Å². The Bertz CT molecular complexity index is 1230. The first-order valence-corrected chi connectivity index (χ1v) is 11.3. The molecule has 0 bridgehead atoms. The van der Waals surface area contributed by atoms with E-state index in [2.05, 4.69) is 20.1 Å². The molecule has 1 aliphatic rings. The molecule has 1 saturated heterocycles. The van der Waals surface area contributed by atoms with Crippen molar-refractivity contribution in [2.45, 2.75) is 19.3 Å². The highest BCUT2D eigenvalue weighted by Crippen LogP contribution is 2.26. The molecule has 1 fully saturated rings. The van der Waals surface area contributed by atoms with Crippen LogP contribution in [0.15, 0.2) is 30.7 Å². The van der Waals surface area contributed by atoms with Crippen molar-refractivity contribution in [3.8, 4) is 11.4 Å². The lowest BCUT2D eigenvalue weighted by molar-refractivity contribution is -0.123. The van der Waals surface area contributed by atoms with Gasteiger partial charge >= 0.3 is 0 Å². The number of carbonyl (C=O) groups is 1. The van der Waals surface area contributed by atoms with Crippen molar-refractivity contribution < 1.29 is 22.0 Å². The molecular formula is C18H19F2N7O3S. The summed E-state index contributed by atoms with van der Waals surface area (Å²) in [4.78, 5) is 26.8. The van der Waals surface area contributed by atoms with Gasteiger partial charge in [0.15, 0.2) is 5.65 Å². The van der Waals surface area contributed by atoms with Crippen LogP contribution in [0.5, 0.6) is 0 Å². The molecule has 0 aromatic carbocycles.